The molecule has 0 spiro atoms. The number of nitrogens with zero attached hydrogens (tertiary/aromatic N) is 1. The van der Waals surface area contributed by atoms with Crippen LogP contribution in [-0.4, -0.2) is 0 Å². The first-order chi connectivity index (χ1) is 25.8. The van der Waals surface area contributed by atoms with E-state index in [1.54, 1.807) is 0 Å². The summed E-state index contributed by atoms with van der Waals surface area (Å²) in [6.45, 7) is 0. The molecule has 0 aliphatic carbocycles. The molecule has 52 heavy (non-hydrogen) atoms. The molecule has 0 amide bonds. The van der Waals surface area contributed by atoms with Gasteiger partial charge in [0.15, 0.2) is 0 Å². The van der Waals surface area contributed by atoms with Crippen molar-refractivity contribution in [1.29, 1.82) is 0 Å². The monoisotopic (exact) mass is 663 g/mol. The lowest BCUT2D eigenvalue weighted by atomic mass is 9.92. The molecule has 0 fully saturated rings. The fraction of sp³-hybridized carbons (Fsp3) is 0. The van der Waals surface area contributed by atoms with Crippen LogP contribution in [-0.2, 0) is 0 Å². The molecule has 2 heteroatoms. The molecule has 0 saturated carbocycles. The molecule has 0 unspecified atom stereocenters. The first-order valence-corrected chi connectivity index (χ1v) is 17.8. The second kappa shape index (κ2) is 12.5. The molecule has 0 atom stereocenters. The summed E-state index contributed by atoms with van der Waals surface area (Å²) >= 11 is 0. The maximum Gasteiger partial charge on any atom is 0.135 e. The molecular formula is C50H33NO. The lowest BCUT2D eigenvalue weighted by Crippen LogP contribution is -2.11. The van der Waals surface area contributed by atoms with Gasteiger partial charge in [0.05, 0.1) is 5.69 Å². The van der Waals surface area contributed by atoms with Crippen molar-refractivity contribution in [3.63, 3.8) is 0 Å². The Morgan fingerprint density at radius 2 is 0.942 bits per heavy atom. The van der Waals surface area contributed by atoms with Gasteiger partial charge in [0.2, 0.25) is 0 Å². The fourth-order valence-electron chi connectivity index (χ4n) is 7.79. The van der Waals surface area contributed by atoms with E-state index in [-0.39, 0.29) is 0 Å². The van der Waals surface area contributed by atoms with Gasteiger partial charge in [-0.1, -0.05) is 152 Å². The molecule has 1 heterocycles. The third-order valence-corrected chi connectivity index (χ3v) is 10.3. The highest BCUT2D eigenvalue weighted by molar-refractivity contribution is 6.05. The van der Waals surface area contributed by atoms with Crippen LogP contribution >= 0.6 is 0 Å². The summed E-state index contributed by atoms with van der Waals surface area (Å²) in [6, 6.07) is 71.7. The Kier molecular flexibility index (Phi) is 7.18. The maximum absolute atomic E-state index is 6.44. The summed E-state index contributed by atoms with van der Waals surface area (Å²) in [7, 11) is 0. The zero-order chi connectivity index (χ0) is 34.4. The topological polar surface area (TPSA) is 12.5 Å². The second-order valence-corrected chi connectivity index (χ2v) is 13.3. The third kappa shape index (κ3) is 5.12. The van der Waals surface area contributed by atoms with E-state index in [4.69, 9.17) is 4.74 Å². The number of para-hydroxylation sites is 1. The zero-order valence-electron chi connectivity index (χ0n) is 28.4. The molecule has 0 saturated heterocycles. The van der Waals surface area contributed by atoms with Gasteiger partial charge in [-0.3, -0.25) is 0 Å². The van der Waals surface area contributed by atoms with Crippen LogP contribution < -0.4 is 9.64 Å². The van der Waals surface area contributed by atoms with Crippen molar-refractivity contribution in [2.45, 2.75) is 0 Å². The summed E-state index contributed by atoms with van der Waals surface area (Å²) in [5.74, 6) is 1.80. The van der Waals surface area contributed by atoms with Crippen molar-refractivity contribution in [2.75, 3.05) is 4.90 Å². The van der Waals surface area contributed by atoms with Gasteiger partial charge in [-0.05, 0) is 98.1 Å². The molecular weight excluding hydrogens is 631 g/mol. The van der Waals surface area contributed by atoms with Crippen molar-refractivity contribution < 1.29 is 4.74 Å². The third-order valence-electron chi connectivity index (χ3n) is 10.3. The second-order valence-electron chi connectivity index (χ2n) is 13.3. The Morgan fingerprint density at radius 1 is 0.327 bits per heavy atom. The number of ether oxygens (including phenoxy) is 1. The first kappa shape index (κ1) is 30.0. The van der Waals surface area contributed by atoms with Crippen molar-refractivity contribution in [1.82, 2.24) is 0 Å². The summed E-state index contributed by atoms with van der Waals surface area (Å²) in [5, 5.41) is 4.81. The summed E-state index contributed by atoms with van der Waals surface area (Å²) in [5.41, 5.74) is 12.7. The van der Waals surface area contributed by atoms with Gasteiger partial charge in [-0.15, -0.1) is 0 Å². The number of hydrogen-bond donors (Lipinski definition) is 0. The molecule has 244 valence electrons. The van der Waals surface area contributed by atoms with Crippen LogP contribution in [0.5, 0.6) is 11.5 Å². The van der Waals surface area contributed by atoms with Crippen LogP contribution in [0.1, 0.15) is 0 Å². The van der Waals surface area contributed by atoms with E-state index in [9.17, 15) is 0 Å². The Balaban J connectivity index is 1.13. The Labute approximate surface area is 303 Å². The van der Waals surface area contributed by atoms with Gasteiger partial charge >= 0.3 is 0 Å². The van der Waals surface area contributed by atoms with E-state index in [2.05, 4.69) is 205 Å². The standard InChI is InChI=1S/C50H33NO/c1-2-12-34(13-3-1)35-26-29-40(30-27-35)51(47-24-7-6-21-44(47)43-22-9-15-36-14-4-5-20-42(36)43)41-19-8-18-38(32-41)39-28-31-48-46(33-39)45-23-10-16-37-17-11-25-49(52-48)50(37)45/h1-33H. The Hall–Kier alpha value is -6.90. The fourth-order valence-corrected chi connectivity index (χ4v) is 7.79. The summed E-state index contributed by atoms with van der Waals surface area (Å²) in [4.78, 5) is 2.40. The number of rotatable bonds is 6. The molecule has 0 N–H and O–H groups in total. The van der Waals surface area contributed by atoms with Crippen LogP contribution in [0, 0.1) is 0 Å². The number of fused-ring (bicyclic) bond motifs is 3. The van der Waals surface area contributed by atoms with Crippen LogP contribution in [0.4, 0.5) is 17.1 Å². The molecule has 10 rings (SSSR count). The van der Waals surface area contributed by atoms with Gasteiger partial charge in [-0.25, -0.2) is 0 Å². The molecule has 9 aromatic carbocycles. The van der Waals surface area contributed by atoms with Gasteiger partial charge in [0.1, 0.15) is 11.5 Å². The highest BCUT2D eigenvalue weighted by atomic mass is 16.5. The Bertz CT molecular complexity index is 2760. The van der Waals surface area contributed by atoms with Crippen LogP contribution in [0.25, 0.3) is 66.1 Å². The van der Waals surface area contributed by atoms with Crippen molar-refractivity contribution in [3.8, 4) is 56.0 Å². The molecule has 9 aromatic rings. The minimum Gasteiger partial charge on any atom is -0.456 e. The van der Waals surface area contributed by atoms with Gasteiger partial charge in [-0.2, -0.15) is 0 Å². The van der Waals surface area contributed by atoms with E-state index < -0.39 is 0 Å². The largest absolute Gasteiger partial charge is 0.456 e. The van der Waals surface area contributed by atoms with Crippen LogP contribution in [0.2, 0.25) is 0 Å². The van der Waals surface area contributed by atoms with Crippen molar-refractivity contribution in [2.24, 2.45) is 0 Å². The smallest absolute Gasteiger partial charge is 0.135 e. The van der Waals surface area contributed by atoms with E-state index >= 15 is 0 Å². The number of hydrogen-bond acceptors (Lipinski definition) is 2. The summed E-state index contributed by atoms with van der Waals surface area (Å²) in [6.07, 6.45) is 0. The average Bonchev–Trinajstić information content (AvgIpc) is 3.22. The van der Waals surface area contributed by atoms with Gasteiger partial charge in [0.25, 0.3) is 0 Å². The molecule has 0 bridgehead atoms. The summed E-state index contributed by atoms with van der Waals surface area (Å²) < 4.78 is 6.44. The lowest BCUT2D eigenvalue weighted by molar-refractivity contribution is 0.487. The first-order valence-electron chi connectivity index (χ1n) is 17.8. The highest BCUT2D eigenvalue weighted by Crippen LogP contribution is 2.48. The van der Waals surface area contributed by atoms with E-state index in [1.807, 2.05) is 0 Å². The average molecular weight is 664 g/mol. The number of anilines is 3. The predicted octanol–water partition coefficient (Wildman–Crippen LogP) is 14.2. The predicted molar refractivity (Wildman–Crippen MR) is 218 cm³/mol. The molecule has 0 aromatic heterocycles. The van der Waals surface area contributed by atoms with Crippen LogP contribution in [0.15, 0.2) is 200 Å². The van der Waals surface area contributed by atoms with Crippen molar-refractivity contribution >= 4 is 38.6 Å². The molecule has 0 radical (unpaired) electrons. The van der Waals surface area contributed by atoms with E-state index in [0.29, 0.717) is 0 Å². The molecule has 1 aliphatic heterocycles. The highest BCUT2D eigenvalue weighted by Gasteiger charge is 2.22. The van der Waals surface area contributed by atoms with Gasteiger partial charge < -0.3 is 9.64 Å². The van der Waals surface area contributed by atoms with Crippen LogP contribution in [0.3, 0.4) is 0 Å². The van der Waals surface area contributed by atoms with Gasteiger partial charge in [0, 0.05) is 27.9 Å². The van der Waals surface area contributed by atoms with E-state index in [0.717, 1.165) is 45.3 Å². The minimum absolute atomic E-state index is 0.884. The normalized spacial score (nSPS) is 11.6. The van der Waals surface area contributed by atoms with E-state index in [1.165, 1.54) is 49.4 Å². The SMILES string of the molecule is c1ccc(-c2ccc(N(c3cccc(-c4ccc5c(c4)-c4cccc6cccc(c46)O5)c3)c3ccccc3-c3cccc4ccccc34)cc2)cc1. The lowest BCUT2D eigenvalue weighted by Gasteiger charge is -2.29. The Morgan fingerprint density at radius 3 is 1.83 bits per heavy atom. The zero-order valence-corrected chi connectivity index (χ0v) is 28.4. The quantitative estimate of drug-likeness (QED) is 0.176. The molecule has 2 nitrogen and oxygen atoms in total. The number of benzene rings is 9. The maximum atomic E-state index is 6.44. The molecule has 1 aliphatic rings. The van der Waals surface area contributed by atoms with Crippen molar-refractivity contribution in [3.05, 3.63) is 200 Å². The minimum atomic E-state index is 0.884.